The van der Waals surface area contributed by atoms with Gasteiger partial charge in [0, 0.05) is 12.1 Å². The van der Waals surface area contributed by atoms with Crippen LogP contribution in [-0.4, -0.2) is 29.5 Å². The van der Waals surface area contributed by atoms with Crippen LogP contribution in [0, 0.1) is 11.7 Å². The fourth-order valence-corrected chi connectivity index (χ4v) is 2.81. The summed E-state index contributed by atoms with van der Waals surface area (Å²) < 4.78 is 18.7. The second-order valence-electron chi connectivity index (χ2n) is 5.60. The fraction of sp³-hybridized carbons (Fsp3) is 0.438. The number of hydrogen-bond donors (Lipinski definition) is 1. The Balaban J connectivity index is 1.66. The highest BCUT2D eigenvalue weighted by Gasteiger charge is 2.20. The van der Waals surface area contributed by atoms with Gasteiger partial charge in [0.1, 0.15) is 5.82 Å². The maximum absolute atomic E-state index is 12.9. The molecule has 1 aromatic heterocycles. The summed E-state index contributed by atoms with van der Waals surface area (Å²) in [6.07, 6.45) is 4.08. The molecule has 1 saturated heterocycles. The van der Waals surface area contributed by atoms with E-state index in [2.05, 4.69) is 9.88 Å². The molecule has 112 valence electrons. The van der Waals surface area contributed by atoms with Crippen LogP contribution in [0.5, 0.6) is 0 Å². The standard InChI is InChI=1S/C16H20FN3O/c17-14-5-3-13(4-6-14)15-9-19-16(21-15)11-20-7-1-2-12(8-18)10-20/h3-6,9,12H,1-2,7-8,10-11,18H2. The number of halogens is 1. The molecule has 1 aliphatic rings. The van der Waals surface area contributed by atoms with E-state index in [1.54, 1.807) is 18.3 Å². The Morgan fingerprint density at radius 1 is 1.33 bits per heavy atom. The lowest BCUT2D eigenvalue weighted by molar-refractivity contribution is 0.158. The molecule has 1 aromatic carbocycles. The molecule has 2 aromatic rings. The number of piperidine rings is 1. The summed E-state index contributed by atoms with van der Waals surface area (Å²) in [7, 11) is 0. The van der Waals surface area contributed by atoms with Gasteiger partial charge in [-0.25, -0.2) is 9.37 Å². The summed E-state index contributed by atoms with van der Waals surface area (Å²) in [5.41, 5.74) is 6.60. The largest absolute Gasteiger partial charge is 0.439 e. The summed E-state index contributed by atoms with van der Waals surface area (Å²) in [6.45, 7) is 3.51. The fourth-order valence-electron chi connectivity index (χ4n) is 2.81. The molecule has 4 nitrogen and oxygen atoms in total. The van der Waals surface area contributed by atoms with E-state index < -0.39 is 0 Å². The molecule has 1 aliphatic heterocycles. The Kier molecular flexibility index (Phi) is 4.31. The van der Waals surface area contributed by atoms with Gasteiger partial charge in [-0.3, -0.25) is 4.90 Å². The van der Waals surface area contributed by atoms with Gasteiger partial charge in [-0.1, -0.05) is 0 Å². The highest BCUT2D eigenvalue weighted by molar-refractivity contribution is 5.55. The SMILES string of the molecule is NCC1CCCN(Cc2ncc(-c3ccc(F)cc3)o2)C1. The zero-order valence-corrected chi connectivity index (χ0v) is 12.0. The number of nitrogens with zero attached hydrogens (tertiary/aromatic N) is 2. The molecule has 5 heteroatoms. The van der Waals surface area contributed by atoms with Crippen molar-refractivity contribution < 1.29 is 8.81 Å². The summed E-state index contributed by atoms with van der Waals surface area (Å²) in [6, 6.07) is 6.25. The smallest absolute Gasteiger partial charge is 0.209 e. The quantitative estimate of drug-likeness (QED) is 0.940. The minimum atomic E-state index is -0.250. The van der Waals surface area contributed by atoms with E-state index in [0.717, 1.165) is 25.2 Å². The Labute approximate surface area is 123 Å². The number of hydrogen-bond acceptors (Lipinski definition) is 4. The molecule has 2 N–H and O–H groups in total. The van der Waals surface area contributed by atoms with Crippen LogP contribution < -0.4 is 5.73 Å². The number of aromatic nitrogens is 1. The van der Waals surface area contributed by atoms with Crippen LogP contribution in [0.3, 0.4) is 0 Å². The van der Waals surface area contributed by atoms with Gasteiger partial charge in [0.15, 0.2) is 5.76 Å². The molecule has 1 atom stereocenters. The summed E-state index contributed by atoms with van der Waals surface area (Å²) in [5, 5.41) is 0. The number of nitrogens with two attached hydrogens (primary N) is 1. The predicted molar refractivity (Wildman–Crippen MR) is 79.0 cm³/mol. The molecule has 0 spiro atoms. The van der Waals surface area contributed by atoms with Crippen LogP contribution in [0.2, 0.25) is 0 Å². The third kappa shape index (κ3) is 3.49. The van der Waals surface area contributed by atoms with Crippen LogP contribution in [0.1, 0.15) is 18.7 Å². The van der Waals surface area contributed by atoms with E-state index in [9.17, 15) is 4.39 Å². The van der Waals surface area contributed by atoms with E-state index in [1.807, 2.05) is 0 Å². The van der Waals surface area contributed by atoms with Crippen molar-refractivity contribution in [2.75, 3.05) is 19.6 Å². The van der Waals surface area contributed by atoms with E-state index in [0.29, 0.717) is 24.1 Å². The summed E-state index contributed by atoms with van der Waals surface area (Å²) >= 11 is 0. The zero-order chi connectivity index (χ0) is 14.7. The molecular weight excluding hydrogens is 269 g/mol. The third-order valence-electron chi connectivity index (χ3n) is 3.98. The highest BCUT2D eigenvalue weighted by atomic mass is 19.1. The minimum absolute atomic E-state index is 0.250. The van der Waals surface area contributed by atoms with Crippen LogP contribution in [0.25, 0.3) is 11.3 Å². The van der Waals surface area contributed by atoms with Crippen LogP contribution in [0.4, 0.5) is 4.39 Å². The number of likely N-dealkylation sites (tertiary alicyclic amines) is 1. The van der Waals surface area contributed by atoms with Gasteiger partial charge >= 0.3 is 0 Å². The van der Waals surface area contributed by atoms with Crippen molar-refractivity contribution in [2.45, 2.75) is 19.4 Å². The average Bonchev–Trinajstić information content (AvgIpc) is 2.96. The Hall–Kier alpha value is -1.72. The molecule has 0 bridgehead atoms. The molecule has 0 aliphatic carbocycles. The third-order valence-corrected chi connectivity index (χ3v) is 3.98. The van der Waals surface area contributed by atoms with Gasteiger partial charge in [0.05, 0.1) is 12.7 Å². The van der Waals surface area contributed by atoms with Crippen LogP contribution in [-0.2, 0) is 6.54 Å². The number of benzene rings is 1. The molecule has 1 unspecified atom stereocenters. The lowest BCUT2D eigenvalue weighted by Gasteiger charge is -2.30. The zero-order valence-electron chi connectivity index (χ0n) is 12.0. The molecule has 0 saturated carbocycles. The van der Waals surface area contributed by atoms with Crippen molar-refractivity contribution in [3.05, 3.63) is 42.2 Å². The molecule has 0 radical (unpaired) electrons. The summed E-state index contributed by atoms with van der Waals surface area (Å²) in [5.74, 6) is 1.70. The van der Waals surface area contributed by atoms with Gasteiger partial charge in [-0.2, -0.15) is 0 Å². The van der Waals surface area contributed by atoms with Crippen LogP contribution in [0.15, 0.2) is 34.9 Å². The van der Waals surface area contributed by atoms with Gasteiger partial charge in [0.2, 0.25) is 5.89 Å². The van der Waals surface area contributed by atoms with E-state index in [-0.39, 0.29) is 5.82 Å². The predicted octanol–water partition coefficient (Wildman–Crippen LogP) is 2.65. The Bertz CT molecular complexity index is 581. The number of oxazole rings is 1. The average molecular weight is 289 g/mol. The van der Waals surface area contributed by atoms with E-state index >= 15 is 0 Å². The highest BCUT2D eigenvalue weighted by Crippen LogP contribution is 2.22. The van der Waals surface area contributed by atoms with Crippen molar-refractivity contribution >= 4 is 0 Å². The molecule has 3 rings (SSSR count). The first-order chi connectivity index (χ1) is 10.2. The first-order valence-corrected chi connectivity index (χ1v) is 7.37. The lowest BCUT2D eigenvalue weighted by Crippen LogP contribution is -2.37. The minimum Gasteiger partial charge on any atom is -0.439 e. The molecule has 21 heavy (non-hydrogen) atoms. The van der Waals surface area contributed by atoms with Crippen molar-refractivity contribution in [1.29, 1.82) is 0 Å². The maximum atomic E-state index is 12.9. The lowest BCUT2D eigenvalue weighted by atomic mass is 9.98. The maximum Gasteiger partial charge on any atom is 0.209 e. The van der Waals surface area contributed by atoms with Crippen molar-refractivity contribution in [3.8, 4) is 11.3 Å². The second kappa shape index (κ2) is 6.37. The first-order valence-electron chi connectivity index (χ1n) is 7.37. The first kappa shape index (κ1) is 14.2. The van der Waals surface area contributed by atoms with Crippen molar-refractivity contribution in [2.24, 2.45) is 11.7 Å². The number of rotatable bonds is 4. The van der Waals surface area contributed by atoms with E-state index in [1.165, 1.54) is 25.0 Å². The molecule has 0 amide bonds. The summed E-state index contributed by atoms with van der Waals surface area (Å²) in [4.78, 5) is 6.66. The van der Waals surface area contributed by atoms with Gasteiger partial charge < -0.3 is 10.2 Å². The Morgan fingerprint density at radius 2 is 2.14 bits per heavy atom. The van der Waals surface area contributed by atoms with Gasteiger partial charge in [-0.05, 0) is 56.1 Å². The monoisotopic (exact) mass is 289 g/mol. The van der Waals surface area contributed by atoms with Gasteiger partial charge in [-0.15, -0.1) is 0 Å². The molecule has 1 fully saturated rings. The molecular formula is C16H20FN3O. The molecule has 2 heterocycles. The van der Waals surface area contributed by atoms with Gasteiger partial charge in [0.25, 0.3) is 0 Å². The normalized spacial score (nSPS) is 19.8. The van der Waals surface area contributed by atoms with Crippen LogP contribution >= 0.6 is 0 Å². The van der Waals surface area contributed by atoms with Crippen molar-refractivity contribution in [3.63, 3.8) is 0 Å². The van der Waals surface area contributed by atoms with E-state index in [4.69, 9.17) is 10.2 Å². The second-order valence-corrected chi connectivity index (χ2v) is 5.60. The van der Waals surface area contributed by atoms with Crippen molar-refractivity contribution in [1.82, 2.24) is 9.88 Å². The Morgan fingerprint density at radius 3 is 2.90 bits per heavy atom. The topological polar surface area (TPSA) is 55.3 Å².